The Kier molecular flexibility index (Phi) is 3.51. The maximum atomic E-state index is 14.6. The lowest BCUT2D eigenvalue weighted by molar-refractivity contribution is 0.0695. The molecule has 3 aromatic heterocycles. The van der Waals surface area contributed by atoms with E-state index in [1.165, 1.54) is 24.5 Å². The first-order valence-corrected chi connectivity index (χ1v) is 7.85. The summed E-state index contributed by atoms with van der Waals surface area (Å²) in [5.41, 5.74) is -0.496. The maximum Gasteiger partial charge on any atom is 0.341 e. The van der Waals surface area contributed by atoms with Gasteiger partial charge in [-0.05, 0) is 31.0 Å². The highest BCUT2D eigenvalue weighted by Gasteiger charge is 2.28. The Balaban J connectivity index is 2.04. The molecule has 0 bridgehead atoms. The van der Waals surface area contributed by atoms with Crippen LogP contribution in [-0.4, -0.2) is 25.6 Å². The first-order valence-electron chi connectivity index (χ1n) is 7.85. The van der Waals surface area contributed by atoms with Gasteiger partial charge in [-0.2, -0.15) is 5.26 Å². The summed E-state index contributed by atoms with van der Waals surface area (Å²) in [7, 11) is 0. The number of nitrogens with zero attached hydrogens (tertiary/aromatic N) is 4. The van der Waals surface area contributed by atoms with Gasteiger partial charge in [0.15, 0.2) is 0 Å². The topological polar surface area (TPSA) is 109 Å². The van der Waals surface area contributed by atoms with Gasteiger partial charge in [0.2, 0.25) is 5.43 Å². The zero-order valence-corrected chi connectivity index (χ0v) is 13.3. The van der Waals surface area contributed by atoms with Crippen molar-refractivity contribution < 1.29 is 14.3 Å². The van der Waals surface area contributed by atoms with Gasteiger partial charge in [0.25, 0.3) is 0 Å². The third kappa shape index (κ3) is 2.50. The van der Waals surface area contributed by atoms with E-state index in [-0.39, 0.29) is 28.5 Å². The van der Waals surface area contributed by atoms with Gasteiger partial charge < -0.3 is 9.67 Å². The smallest absolute Gasteiger partial charge is 0.341 e. The highest BCUT2D eigenvalue weighted by Crippen LogP contribution is 2.37. The van der Waals surface area contributed by atoms with Crippen LogP contribution in [0.3, 0.4) is 0 Å². The van der Waals surface area contributed by atoms with Crippen molar-refractivity contribution in [2.24, 2.45) is 0 Å². The predicted molar refractivity (Wildman–Crippen MR) is 89.1 cm³/mol. The molecule has 0 radical (unpaired) electrons. The third-order valence-electron chi connectivity index (χ3n) is 4.28. The molecule has 0 atom stereocenters. The zero-order chi connectivity index (χ0) is 18.4. The molecule has 0 spiro atoms. The number of nitriles is 1. The molecule has 26 heavy (non-hydrogen) atoms. The molecule has 7 nitrogen and oxygen atoms in total. The molecule has 0 aromatic carbocycles. The van der Waals surface area contributed by atoms with Gasteiger partial charge in [-0.1, -0.05) is 0 Å². The van der Waals surface area contributed by atoms with Crippen molar-refractivity contribution in [3.05, 3.63) is 57.9 Å². The minimum absolute atomic E-state index is 0.0201. The number of halogens is 1. The maximum absolute atomic E-state index is 14.6. The van der Waals surface area contributed by atoms with E-state index in [1.807, 2.05) is 6.07 Å². The number of aromatic carboxylic acids is 1. The molecular weight excluding hydrogens is 339 g/mol. The second-order valence-electron chi connectivity index (χ2n) is 6.05. The van der Waals surface area contributed by atoms with Gasteiger partial charge in [0.05, 0.1) is 5.39 Å². The molecule has 8 heteroatoms. The molecule has 0 unspecified atom stereocenters. The Morgan fingerprint density at radius 2 is 2.15 bits per heavy atom. The summed E-state index contributed by atoms with van der Waals surface area (Å²) in [5.74, 6) is -2.13. The minimum Gasteiger partial charge on any atom is -0.477 e. The number of fused-ring (bicyclic) bond motifs is 1. The van der Waals surface area contributed by atoms with Crippen LogP contribution in [0.25, 0.3) is 22.3 Å². The summed E-state index contributed by atoms with van der Waals surface area (Å²) in [6.07, 6.45) is 4.31. The Bertz CT molecular complexity index is 1180. The van der Waals surface area contributed by atoms with E-state index >= 15 is 0 Å². The molecule has 0 amide bonds. The highest BCUT2D eigenvalue weighted by molar-refractivity contribution is 5.92. The van der Waals surface area contributed by atoms with E-state index < -0.39 is 22.8 Å². The first kappa shape index (κ1) is 15.9. The standard InChI is InChI=1S/C18H11FN4O3/c19-14-6-12-16(24)13(18(25)26)8-23(11-1-2-11)17(12)22-15(14)9-3-4-21-10(5-9)7-20/h3-6,8,11H,1-2H2,(H,25,26). The van der Waals surface area contributed by atoms with Crippen LogP contribution in [0.1, 0.15) is 34.9 Å². The van der Waals surface area contributed by atoms with E-state index in [1.54, 1.807) is 4.57 Å². The second-order valence-corrected chi connectivity index (χ2v) is 6.05. The van der Waals surface area contributed by atoms with E-state index in [0.29, 0.717) is 5.56 Å². The minimum atomic E-state index is -1.36. The number of carbonyl (C=O) groups is 1. The summed E-state index contributed by atoms with van der Waals surface area (Å²) >= 11 is 0. The lowest BCUT2D eigenvalue weighted by atomic mass is 10.1. The largest absolute Gasteiger partial charge is 0.477 e. The average molecular weight is 350 g/mol. The Labute approximate surface area is 146 Å². The fourth-order valence-electron chi connectivity index (χ4n) is 2.87. The SMILES string of the molecule is N#Cc1cc(-c2nc3c(cc2F)c(=O)c(C(=O)O)cn3C2CC2)ccn1. The lowest BCUT2D eigenvalue weighted by Gasteiger charge is -2.12. The molecule has 1 saturated carbocycles. The van der Waals surface area contributed by atoms with Crippen molar-refractivity contribution in [1.29, 1.82) is 5.26 Å². The summed E-state index contributed by atoms with van der Waals surface area (Å²) in [6.45, 7) is 0. The highest BCUT2D eigenvalue weighted by atomic mass is 19.1. The monoisotopic (exact) mass is 350 g/mol. The van der Waals surface area contributed by atoms with Crippen LogP contribution in [0.2, 0.25) is 0 Å². The summed E-state index contributed by atoms with van der Waals surface area (Å²) in [5, 5.41) is 18.1. The Morgan fingerprint density at radius 3 is 2.81 bits per heavy atom. The summed E-state index contributed by atoms with van der Waals surface area (Å²) in [6, 6.07) is 5.85. The van der Waals surface area contributed by atoms with Crippen LogP contribution in [0.4, 0.5) is 4.39 Å². The van der Waals surface area contributed by atoms with Crippen LogP contribution in [0.15, 0.2) is 35.4 Å². The van der Waals surface area contributed by atoms with E-state index in [9.17, 15) is 19.1 Å². The second kappa shape index (κ2) is 5.74. The van der Waals surface area contributed by atoms with E-state index in [4.69, 9.17) is 5.26 Å². The number of pyridine rings is 3. The molecular formula is C18H11FN4O3. The summed E-state index contributed by atoms with van der Waals surface area (Å²) < 4.78 is 16.3. The average Bonchev–Trinajstić information content (AvgIpc) is 3.47. The quantitative estimate of drug-likeness (QED) is 0.777. The molecule has 0 saturated heterocycles. The molecule has 128 valence electrons. The zero-order valence-electron chi connectivity index (χ0n) is 13.3. The lowest BCUT2D eigenvalue weighted by Crippen LogP contribution is -2.19. The van der Waals surface area contributed by atoms with Crippen molar-refractivity contribution in [2.45, 2.75) is 18.9 Å². The van der Waals surface area contributed by atoms with E-state index in [0.717, 1.165) is 18.9 Å². The fraction of sp³-hybridized carbons (Fsp3) is 0.167. The molecule has 1 aliphatic carbocycles. The first-order chi connectivity index (χ1) is 12.5. The molecule has 1 N–H and O–H groups in total. The molecule has 1 fully saturated rings. The van der Waals surface area contributed by atoms with Crippen molar-refractivity contribution in [1.82, 2.24) is 14.5 Å². The van der Waals surface area contributed by atoms with Crippen molar-refractivity contribution in [2.75, 3.05) is 0 Å². The molecule has 3 heterocycles. The molecule has 4 rings (SSSR count). The van der Waals surface area contributed by atoms with Crippen molar-refractivity contribution >= 4 is 17.0 Å². The predicted octanol–water partition coefficient (Wildman–Crippen LogP) is 2.50. The number of carboxylic acids is 1. The van der Waals surface area contributed by atoms with Crippen LogP contribution in [0, 0.1) is 17.1 Å². The number of aromatic nitrogens is 3. The number of hydrogen-bond donors (Lipinski definition) is 1. The van der Waals surface area contributed by atoms with Gasteiger partial charge in [-0.3, -0.25) is 4.79 Å². The van der Waals surface area contributed by atoms with Crippen LogP contribution in [0.5, 0.6) is 0 Å². The number of hydrogen-bond acceptors (Lipinski definition) is 5. The van der Waals surface area contributed by atoms with Gasteiger partial charge in [0, 0.05) is 24.0 Å². The van der Waals surface area contributed by atoms with Crippen LogP contribution in [-0.2, 0) is 0 Å². The Morgan fingerprint density at radius 1 is 1.38 bits per heavy atom. The van der Waals surface area contributed by atoms with Gasteiger partial charge in [-0.15, -0.1) is 0 Å². The molecule has 1 aliphatic rings. The van der Waals surface area contributed by atoms with Gasteiger partial charge in [-0.25, -0.2) is 19.2 Å². The van der Waals surface area contributed by atoms with Crippen LogP contribution >= 0.6 is 0 Å². The third-order valence-corrected chi connectivity index (χ3v) is 4.28. The normalized spacial score (nSPS) is 13.5. The van der Waals surface area contributed by atoms with Crippen LogP contribution < -0.4 is 5.43 Å². The number of rotatable bonds is 3. The van der Waals surface area contributed by atoms with Crippen molar-refractivity contribution in [3.8, 4) is 17.3 Å². The summed E-state index contributed by atoms with van der Waals surface area (Å²) in [4.78, 5) is 31.9. The molecule has 0 aliphatic heterocycles. The number of carboxylic acid groups (broad SMARTS) is 1. The van der Waals surface area contributed by atoms with Gasteiger partial charge >= 0.3 is 5.97 Å². The molecule has 3 aromatic rings. The Hall–Kier alpha value is -3.60. The van der Waals surface area contributed by atoms with Gasteiger partial charge in [0.1, 0.15) is 34.5 Å². The van der Waals surface area contributed by atoms with Crippen molar-refractivity contribution in [3.63, 3.8) is 0 Å². The van der Waals surface area contributed by atoms with E-state index in [2.05, 4.69) is 9.97 Å². The fourth-order valence-corrected chi connectivity index (χ4v) is 2.87.